The predicted molar refractivity (Wildman–Crippen MR) is 69.2 cm³/mol. The Morgan fingerprint density at radius 3 is 1.19 bits per heavy atom. The first-order valence-corrected chi connectivity index (χ1v) is 7.16. The molecule has 0 radical (unpaired) electrons. The second kappa shape index (κ2) is 9.66. The van der Waals surface area contributed by atoms with E-state index in [-0.39, 0.29) is 0 Å². The number of carbonyl (C=O) groups excluding carboxylic acids is 1. The summed E-state index contributed by atoms with van der Waals surface area (Å²) >= 11 is 0. The quantitative estimate of drug-likeness (QED) is 0.536. The Kier molecular flexibility index (Phi) is 8.16. The van der Waals surface area contributed by atoms with Gasteiger partial charge in [-0.2, -0.15) is 0 Å². The van der Waals surface area contributed by atoms with Crippen molar-refractivity contribution in [3.8, 4) is 0 Å². The zero-order valence-electron chi connectivity index (χ0n) is 10.6. The number of hydrogen-bond donors (Lipinski definition) is 0. The van der Waals surface area contributed by atoms with Crippen LogP contribution in [0, 0.1) is 0 Å². The van der Waals surface area contributed by atoms with Crippen molar-refractivity contribution in [3.05, 3.63) is 5.57 Å². The number of allylic oxidation sites excluding steroid dienone is 1. The monoisotopic (exact) mass is 222 g/mol. The minimum atomic E-state index is 1.00. The lowest BCUT2D eigenvalue weighted by molar-refractivity contribution is 0.529. The summed E-state index contributed by atoms with van der Waals surface area (Å²) in [7, 11) is 0. The summed E-state index contributed by atoms with van der Waals surface area (Å²) in [5, 5.41) is 0. The van der Waals surface area contributed by atoms with Crippen LogP contribution in [0.2, 0.25) is 0 Å². The van der Waals surface area contributed by atoms with Gasteiger partial charge in [-0.1, -0.05) is 57.8 Å². The standard InChI is InChI=1S/C15H26O/c16-14-15-12-10-8-6-4-2-1-3-5-7-9-11-13-15/h1-13H2. The number of rotatable bonds is 0. The molecule has 0 saturated heterocycles. The van der Waals surface area contributed by atoms with Crippen LogP contribution in [-0.2, 0) is 4.79 Å². The van der Waals surface area contributed by atoms with E-state index in [0.717, 1.165) is 18.4 Å². The van der Waals surface area contributed by atoms with Gasteiger partial charge in [0.05, 0.1) is 0 Å². The molecule has 92 valence electrons. The minimum absolute atomic E-state index is 1.00. The normalized spacial score (nSPS) is 22.1. The Bertz CT molecular complexity index is 197. The van der Waals surface area contributed by atoms with Crippen LogP contribution in [0.1, 0.15) is 83.5 Å². The van der Waals surface area contributed by atoms with Gasteiger partial charge in [0, 0.05) is 5.57 Å². The molecule has 0 aromatic carbocycles. The van der Waals surface area contributed by atoms with Crippen LogP contribution in [0.15, 0.2) is 5.57 Å². The fraction of sp³-hybridized carbons (Fsp3) is 0.867. The summed E-state index contributed by atoms with van der Waals surface area (Å²) < 4.78 is 0. The lowest BCUT2D eigenvalue weighted by atomic mass is 9.99. The Labute approximate surface area is 100 Å². The van der Waals surface area contributed by atoms with Crippen LogP contribution in [0.25, 0.3) is 0 Å². The minimum Gasteiger partial charge on any atom is -0.234 e. The van der Waals surface area contributed by atoms with E-state index in [4.69, 9.17) is 0 Å². The highest BCUT2D eigenvalue weighted by Gasteiger charge is 2.01. The van der Waals surface area contributed by atoms with Crippen LogP contribution < -0.4 is 0 Å². The van der Waals surface area contributed by atoms with Gasteiger partial charge in [-0.05, 0) is 25.7 Å². The lowest BCUT2D eigenvalue weighted by Gasteiger charge is -2.06. The molecule has 0 bridgehead atoms. The van der Waals surface area contributed by atoms with Crippen LogP contribution in [0.4, 0.5) is 0 Å². The van der Waals surface area contributed by atoms with E-state index < -0.39 is 0 Å². The summed E-state index contributed by atoms with van der Waals surface area (Å²) in [4.78, 5) is 10.7. The van der Waals surface area contributed by atoms with E-state index in [1.165, 1.54) is 70.6 Å². The summed E-state index contributed by atoms with van der Waals surface area (Å²) in [6, 6.07) is 0. The molecule has 1 heteroatoms. The molecule has 1 saturated carbocycles. The van der Waals surface area contributed by atoms with Gasteiger partial charge in [-0.15, -0.1) is 0 Å². The fourth-order valence-electron chi connectivity index (χ4n) is 2.49. The third-order valence-electron chi connectivity index (χ3n) is 3.60. The second-order valence-corrected chi connectivity index (χ2v) is 5.09. The highest BCUT2D eigenvalue weighted by Crippen LogP contribution is 2.18. The topological polar surface area (TPSA) is 17.1 Å². The lowest BCUT2D eigenvalue weighted by Crippen LogP contribution is -1.90. The first-order valence-electron chi connectivity index (χ1n) is 7.16. The molecule has 1 fully saturated rings. The van der Waals surface area contributed by atoms with Crippen molar-refractivity contribution in [2.75, 3.05) is 0 Å². The van der Waals surface area contributed by atoms with E-state index in [9.17, 15) is 4.79 Å². The highest BCUT2D eigenvalue weighted by atomic mass is 16.1. The maximum Gasteiger partial charge on any atom is 0.123 e. The fourth-order valence-corrected chi connectivity index (χ4v) is 2.49. The molecule has 0 N–H and O–H groups in total. The van der Waals surface area contributed by atoms with Crippen molar-refractivity contribution in [3.63, 3.8) is 0 Å². The second-order valence-electron chi connectivity index (χ2n) is 5.09. The molecule has 16 heavy (non-hydrogen) atoms. The smallest absolute Gasteiger partial charge is 0.123 e. The van der Waals surface area contributed by atoms with Crippen molar-refractivity contribution in [1.82, 2.24) is 0 Å². The van der Waals surface area contributed by atoms with Gasteiger partial charge in [0.1, 0.15) is 5.94 Å². The van der Waals surface area contributed by atoms with Gasteiger partial charge < -0.3 is 0 Å². The molecule has 0 amide bonds. The molecular weight excluding hydrogens is 196 g/mol. The van der Waals surface area contributed by atoms with Crippen molar-refractivity contribution in [1.29, 1.82) is 0 Å². The first kappa shape index (κ1) is 13.5. The molecule has 0 atom stereocenters. The average molecular weight is 222 g/mol. The molecule has 0 heterocycles. The Hall–Kier alpha value is -0.550. The Morgan fingerprint density at radius 2 is 0.875 bits per heavy atom. The summed E-state index contributed by atoms with van der Waals surface area (Å²) in [5.74, 6) is 2.15. The molecule has 0 aromatic rings. The zero-order valence-corrected chi connectivity index (χ0v) is 10.6. The van der Waals surface area contributed by atoms with Crippen LogP contribution in [0.5, 0.6) is 0 Å². The molecule has 0 aromatic heterocycles. The van der Waals surface area contributed by atoms with Gasteiger partial charge in [0.25, 0.3) is 0 Å². The van der Waals surface area contributed by atoms with Gasteiger partial charge in [0.2, 0.25) is 0 Å². The third-order valence-corrected chi connectivity index (χ3v) is 3.60. The average Bonchev–Trinajstić information content (AvgIpc) is 2.32. The summed E-state index contributed by atoms with van der Waals surface area (Å²) in [6.45, 7) is 0. The molecule has 0 spiro atoms. The summed E-state index contributed by atoms with van der Waals surface area (Å²) in [6.07, 6.45) is 16.7. The molecule has 0 aliphatic heterocycles. The van der Waals surface area contributed by atoms with Crippen molar-refractivity contribution in [2.45, 2.75) is 83.5 Å². The number of hydrogen-bond acceptors (Lipinski definition) is 1. The van der Waals surface area contributed by atoms with Gasteiger partial charge >= 0.3 is 0 Å². The molecule has 1 aliphatic rings. The maximum atomic E-state index is 10.7. The Balaban J connectivity index is 2.24. The van der Waals surface area contributed by atoms with Crippen molar-refractivity contribution >= 4 is 5.94 Å². The van der Waals surface area contributed by atoms with Crippen molar-refractivity contribution in [2.24, 2.45) is 0 Å². The zero-order chi connectivity index (χ0) is 11.5. The van der Waals surface area contributed by atoms with Crippen molar-refractivity contribution < 1.29 is 4.79 Å². The largest absolute Gasteiger partial charge is 0.234 e. The first-order chi connectivity index (χ1) is 7.93. The Morgan fingerprint density at radius 1 is 0.562 bits per heavy atom. The van der Waals surface area contributed by atoms with Gasteiger partial charge in [0.15, 0.2) is 0 Å². The summed E-state index contributed by atoms with van der Waals surface area (Å²) in [5.41, 5.74) is 1.04. The highest BCUT2D eigenvalue weighted by molar-refractivity contribution is 5.52. The van der Waals surface area contributed by atoms with Gasteiger partial charge in [-0.25, -0.2) is 4.79 Å². The van der Waals surface area contributed by atoms with Crippen LogP contribution >= 0.6 is 0 Å². The van der Waals surface area contributed by atoms with Gasteiger partial charge in [-0.3, -0.25) is 0 Å². The molecule has 1 rings (SSSR count). The van der Waals surface area contributed by atoms with E-state index in [1.807, 2.05) is 0 Å². The van der Waals surface area contributed by atoms with Crippen LogP contribution in [-0.4, -0.2) is 5.94 Å². The molecule has 0 unspecified atom stereocenters. The SMILES string of the molecule is O=C=C1CCCCCCCCCCCCC1. The van der Waals surface area contributed by atoms with Crippen LogP contribution in [0.3, 0.4) is 0 Å². The van der Waals surface area contributed by atoms with E-state index >= 15 is 0 Å². The predicted octanol–water partition coefficient (Wildman–Crippen LogP) is 4.83. The molecule has 1 nitrogen and oxygen atoms in total. The molecule has 1 aliphatic carbocycles. The van der Waals surface area contributed by atoms with E-state index in [2.05, 4.69) is 5.94 Å². The molecular formula is C15H26O. The third kappa shape index (κ3) is 6.85. The van der Waals surface area contributed by atoms with E-state index in [1.54, 1.807) is 0 Å². The maximum absolute atomic E-state index is 10.7. The van der Waals surface area contributed by atoms with E-state index in [0.29, 0.717) is 0 Å².